The van der Waals surface area contributed by atoms with Crippen LogP contribution in [0.4, 0.5) is 0 Å². The standard InChI is InChI=1S/C30H24N4O3S/c35-28(33-31-19-22-15-17-25(18-16-22)37-20-23-9-3-1-4-10-23)21-38-30-32-27-14-8-7-13-26(27)29(36)34(30)24-11-5-2-6-12-24/h1-19H,20-21H2,(H,33,35). The van der Waals surface area contributed by atoms with Gasteiger partial charge < -0.3 is 4.74 Å². The first-order chi connectivity index (χ1) is 18.7. The molecule has 1 heterocycles. The highest BCUT2D eigenvalue weighted by atomic mass is 32.2. The van der Waals surface area contributed by atoms with E-state index in [9.17, 15) is 9.59 Å². The predicted octanol–water partition coefficient (Wildman–Crippen LogP) is 5.21. The zero-order valence-electron chi connectivity index (χ0n) is 20.4. The van der Waals surface area contributed by atoms with Gasteiger partial charge in [-0.3, -0.25) is 14.2 Å². The van der Waals surface area contributed by atoms with Crippen molar-refractivity contribution in [3.05, 3.63) is 131 Å². The number of para-hydroxylation sites is 2. The van der Waals surface area contributed by atoms with Crippen LogP contribution < -0.4 is 15.7 Å². The molecule has 8 heteroatoms. The van der Waals surface area contributed by atoms with E-state index in [0.29, 0.717) is 28.4 Å². The van der Waals surface area contributed by atoms with Crippen LogP contribution >= 0.6 is 11.8 Å². The van der Waals surface area contributed by atoms with E-state index in [1.165, 1.54) is 16.3 Å². The molecule has 5 aromatic rings. The number of carbonyl (C=O) groups is 1. The average Bonchev–Trinajstić information content (AvgIpc) is 2.97. The largest absolute Gasteiger partial charge is 0.489 e. The van der Waals surface area contributed by atoms with Crippen molar-refractivity contribution in [2.24, 2.45) is 5.10 Å². The fourth-order valence-corrected chi connectivity index (χ4v) is 4.55. The highest BCUT2D eigenvalue weighted by Crippen LogP contribution is 2.21. The molecule has 1 aromatic heterocycles. The molecular weight excluding hydrogens is 496 g/mol. The molecule has 0 aliphatic heterocycles. The molecule has 38 heavy (non-hydrogen) atoms. The lowest BCUT2D eigenvalue weighted by Crippen LogP contribution is -2.24. The summed E-state index contributed by atoms with van der Waals surface area (Å²) in [7, 11) is 0. The first kappa shape index (κ1) is 25.0. The van der Waals surface area contributed by atoms with Gasteiger partial charge in [-0.2, -0.15) is 5.10 Å². The van der Waals surface area contributed by atoms with Crippen LogP contribution in [0.25, 0.3) is 16.6 Å². The Morgan fingerprint density at radius 3 is 2.34 bits per heavy atom. The summed E-state index contributed by atoms with van der Waals surface area (Å²) in [5, 5.41) is 5.01. The van der Waals surface area contributed by atoms with E-state index in [4.69, 9.17) is 4.74 Å². The Bertz CT molecular complexity index is 1620. The minimum atomic E-state index is -0.309. The van der Waals surface area contributed by atoms with Crippen LogP contribution in [0.15, 0.2) is 124 Å². The van der Waals surface area contributed by atoms with E-state index in [0.717, 1.165) is 16.9 Å². The highest BCUT2D eigenvalue weighted by molar-refractivity contribution is 7.99. The number of nitrogens with one attached hydrogen (secondary N) is 1. The van der Waals surface area contributed by atoms with E-state index in [1.807, 2.05) is 97.1 Å². The van der Waals surface area contributed by atoms with Crippen molar-refractivity contribution < 1.29 is 9.53 Å². The monoisotopic (exact) mass is 520 g/mol. The van der Waals surface area contributed by atoms with Crippen molar-refractivity contribution in [2.45, 2.75) is 11.8 Å². The van der Waals surface area contributed by atoms with Crippen LogP contribution in [0, 0.1) is 0 Å². The van der Waals surface area contributed by atoms with E-state index in [-0.39, 0.29) is 17.2 Å². The molecule has 0 spiro atoms. The third-order valence-corrected chi connectivity index (χ3v) is 6.56. The number of hydrogen-bond acceptors (Lipinski definition) is 6. The van der Waals surface area contributed by atoms with Gasteiger partial charge in [-0.1, -0.05) is 72.4 Å². The topological polar surface area (TPSA) is 85.6 Å². The lowest BCUT2D eigenvalue weighted by molar-refractivity contribution is -0.118. The molecule has 0 unspecified atom stereocenters. The number of carbonyl (C=O) groups excluding carboxylic acids is 1. The molecule has 0 saturated heterocycles. The molecule has 0 aliphatic carbocycles. The van der Waals surface area contributed by atoms with Crippen LogP contribution in [0.5, 0.6) is 5.75 Å². The van der Waals surface area contributed by atoms with Gasteiger partial charge in [-0.05, 0) is 59.7 Å². The summed E-state index contributed by atoms with van der Waals surface area (Å²) in [5.41, 5.74) is 5.54. The zero-order chi connectivity index (χ0) is 26.2. The Morgan fingerprint density at radius 2 is 1.58 bits per heavy atom. The number of hydrogen-bond donors (Lipinski definition) is 1. The smallest absolute Gasteiger partial charge is 0.266 e. The molecule has 0 atom stereocenters. The highest BCUT2D eigenvalue weighted by Gasteiger charge is 2.14. The van der Waals surface area contributed by atoms with Gasteiger partial charge in [0.05, 0.1) is 28.6 Å². The molecule has 0 fully saturated rings. The first-order valence-corrected chi connectivity index (χ1v) is 12.9. The molecule has 188 valence electrons. The van der Waals surface area contributed by atoms with Crippen LogP contribution in [-0.4, -0.2) is 27.4 Å². The molecule has 1 amide bonds. The fourth-order valence-electron chi connectivity index (χ4n) is 3.75. The number of thioether (sulfide) groups is 1. The number of ether oxygens (including phenoxy) is 1. The van der Waals surface area contributed by atoms with Gasteiger partial charge in [0.15, 0.2) is 5.16 Å². The lowest BCUT2D eigenvalue weighted by atomic mass is 10.2. The van der Waals surface area contributed by atoms with Crippen LogP contribution in [0.3, 0.4) is 0 Å². The molecule has 1 N–H and O–H groups in total. The maximum atomic E-state index is 13.2. The summed E-state index contributed by atoms with van der Waals surface area (Å²) in [6, 6.07) is 33.8. The minimum absolute atomic E-state index is 0.0429. The maximum absolute atomic E-state index is 13.2. The Kier molecular flexibility index (Phi) is 7.91. The summed E-state index contributed by atoms with van der Waals surface area (Å²) in [5.74, 6) is 0.483. The first-order valence-electron chi connectivity index (χ1n) is 12.0. The third kappa shape index (κ3) is 6.16. The molecule has 5 rings (SSSR count). The number of rotatable bonds is 9. The van der Waals surface area contributed by atoms with Gasteiger partial charge in [0.2, 0.25) is 0 Å². The summed E-state index contributed by atoms with van der Waals surface area (Å²) >= 11 is 1.18. The summed E-state index contributed by atoms with van der Waals surface area (Å²) < 4.78 is 7.33. The van der Waals surface area contributed by atoms with Crippen molar-refractivity contribution in [3.8, 4) is 11.4 Å². The molecule has 4 aromatic carbocycles. The SMILES string of the molecule is O=C(CSc1nc2ccccc2c(=O)n1-c1ccccc1)NN=Cc1ccc(OCc2ccccc2)cc1. The van der Waals surface area contributed by atoms with Gasteiger partial charge in [0.25, 0.3) is 11.5 Å². The van der Waals surface area contributed by atoms with Gasteiger partial charge >= 0.3 is 0 Å². The van der Waals surface area contributed by atoms with Crippen molar-refractivity contribution in [2.75, 3.05) is 5.75 Å². The third-order valence-electron chi connectivity index (χ3n) is 5.62. The van der Waals surface area contributed by atoms with Crippen molar-refractivity contribution in [1.82, 2.24) is 15.0 Å². The Hall–Kier alpha value is -4.69. The van der Waals surface area contributed by atoms with Crippen LogP contribution in [0.1, 0.15) is 11.1 Å². The van der Waals surface area contributed by atoms with Crippen molar-refractivity contribution >= 4 is 34.8 Å². The van der Waals surface area contributed by atoms with Gasteiger partial charge in [0.1, 0.15) is 12.4 Å². The second-order valence-electron chi connectivity index (χ2n) is 8.31. The van der Waals surface area contributed by atoms with Crippen LogP contribution in [0.2, 0.25) is 0 Å². The molecule has 7 nitrogen and oxygen atoms in total. The molecule has 0 radical (unpaired) electrons. The second kappa shape index (κ2) is 12.0. The van der Waals surface area contributed by atoms with Crippen LogP contribution in [-0.2, 0) is 11.4 Å². The molecule has 0 saturated carbocycles. The quantitative estimate of drug-likeness (QED) is 0.125. The Morgan fingerprint density at radius 1 is 0.895 bits per heavy atom. The average molecular weight is 521 g/mol. The van der Waals surface area contributed by atoms with Crippen molar-refractivity contribution in [3.63, 3.8) is 0 Å². The summed E-state index contributed by atoms with van der Waals surface area (Å²) in [6.07, 6.45) is 1.57. The van der Waals surface area contributed by atoms with Gasteiger partial charge in [0, 0.05) is 0 Å². The number of aromatic nitrogens is 2. The zero-order valence-corrected chi connectivity index (χ0v) is 21.2. The summed E-state index contributed by atoms with van der Waals surface area (Å²) in [4.78, 5) is 30.4. The normalized spacial score (nSPS) is 11.1. The summed E-state index contributed by atoms with van der Waals surface area (Å²) in [6.45, 7) is 0.492. The molecule has 0 bridgehead atoms. The second-order valence-corrected chi connectivity index (χ2v) is 9.26. The van der Waals surface area contributed by atoms with Gasteiger partial charge in [-0.15, -0.1) is 0 Å². The number of nitrogens with zero attached hydrogens (tertiary/aromatic N) is 3. The molecular formula is C30H24N4O3S. The predicted molar refractivity (Wildman–Crippen MR) is 151 cm³/mol. The lowest BCUT2D eigenvalue weighted by Gasteiger charge is -2.12. The number of benzene rings is 4. The Labute approximate surface area is 223 Å². The minimum Gasteiger partial charge on any atom is -0.489 e. The van der Waals surface area contributed by atoms with E-state index in [1.54, 1.807) is 18.3 Å². The van der Waals surface area contributed by atoms with Crippen molar-refractivity contribution in [1.29, 1.82) is 0 Å². The number of amides is 1. The van der Waals surface area contributed by atoms with Gasteiger partial charge in [-0.25, -0.2) is 10.4 Å². The van der Waals surface area contributed by atoms with E-state index < -0.39 is 0 Å². The Balaban J connectivity index is 1.21. The van der Waals surface area contributed by atoms with E-state index >= 15 is 0 Å². The number of hydrazone groups is 1. The fraction of sp³-hybridized carbons (Fsp3) is 0.0667. The van der Waals surface area contributed by atoms with E-state index in [2.05, 4.69) is 15.5 Å². The molecule has 0 aliphatic rings. The number of fused-ring (bicyclic) bond motifs is 1. The maximum Gasteiger partial charge on any atom is 0.266 e.